The van der Waals surface area contributed by atoms with Gasteiger partial charge in [0.2, 0.25) is 0 Å². The number of hydrogen-bond donors (Lipinski definition) is 2. The predicted octanol–water partition coefficient (Wildman–Crippen LogP) is 2.15. The summed E-state index contributed by atoms with van der Waals surface area (Å²) in [5.41, 5.74) is 0. The van der Waals surface area contributed by atoms with Crippen molar-refractivity contribution in [2.45, 2.75) is 12.8 Å². The number of aromatic nitrogens is 1. The van der Waals surface area contributed by atoms with E-state index in [4.69, 9.17) is 0 Å². The Kier molecular flexibility index (Phi) is 4.42. The lowest BCUT2D eigenvalue weighted by molar-refractivity contribution is 0.0949. The van der Waals surface area contributed by atoms with E-state index in [9.17, 15) is 4.79 Å². The van der Waals surface area contributed by atoms with Gasteiger partial charge in [0.25, 0.3) is 5.91 Å². The maximum atomic E-state index is 12.2. The van der Waals surface area contributed by atoms with Crippen LogP contribution in [0.5, 0.6) is 0 Å². The van der Waals surface area contributed by atoms with Crippen LogP contribution in [0.3, 0.4) is 0 Å². The zero-order valence-corrected chi connectivity index (χ0v) is 13.9. The number of nitrogens with one attached hydrogen (secondary N) is 2. The molecular weight excluding hydrogens is 304 g/mol. The molecule has 1 saturated heterocycles. The van der Waals surface area contributed by atoms with Gasteiger partial charge >= 0.3 is 0 Å². The molecule has 0 aromatic carbocycles. The third-order valence-corrected chi connectivity index (χ3v) is 5.96. The molecule has 114 valence electrons. The van der Waals surface area contributed by atoms with Gasteiger partial charge in [0, 0.05) is 20.6 Å². The molecule has 0 spiro atoms. The summed E-state index contributed by atoms with van der Waals surface area (Å²) in [7, 11) is 3.96. The summed E-state index contributed by atoms with van der Waals surface area (Å²) < 4.78 is 1.09. The first-order chi connectivity index (χ1) is 10.1. The second kappa shape index (κ2) is 6.29. The molecule has 0 radical (unpaired) electrons. The molecule has 1 amide bonds. The summed E-state index contributed by atoms with van der Waals surface area (Å²) in [6.45, 7) is 2.87. The molecule has 0 bridgehead atoms. The molecule has 2 aromatic rings. The maximum absolute atomic E-state index is 12.2. The van der Waals surface area contributed by atoms with Gasteiger partial charge in [0.15, 0.2) is 5.13 Å². The molecule has 0 aliphatic carbocycles. The number of anilines is 1. The molecule has 2 N–H and O–H groups in total. The van der Waals surface area contributed by atoms with Crippen molar-refractivity contribution in [2.75, 3.05) is 38.6 Å². The fourth-order valence-electron chi connectivity index (χ4n) is 2.45. The highest BCUT2D eigenvalue weighted by molar-refractivity contribution is 7.29. The highest BCUT2D eigenvalue weighted by Gasteiger charge is 2.17. The number of rotatable bonds is 4. The number of carbonyl (C=O) groups is 1. The molecule has 21 heavy (non-hydrogen) atoms. The van der Waals surface area contributed by atoms with Crippen molar-refractivity contribution in [1.82, 2.24) is 15.6 Å². The predicted molar refractivity (Wildman–Crippen MR) is 89.8 cm³/mol. The van der Waals surface area contributed by atoms with E-state index in [1.165, 1.54) is 24.2 Å². The topological polar surface area (TPSA) is 57.3 Å². The van der Waals surface area contributed by atoms with Crippen molar-refractivity contribution in [1.29, 1.82) is 0 Å². The molecular formula is C14H20N4OS2. The van der Waals surface area contributed by atoms with E-state index in [2.05, 4.69) is 15.6 Å². The minimum atomic E-state index is 0.0298. The first-order valence-electron chi connectivity index (χ1n) is 7.20. The number of carbonyl (C=O) groups excluding carboxylic acids is 1. The Labute approximate surface area is 132 Å². The van der Waals surface area contributed by atoms with Crippen LogP contribution in [0.25, 0.3) is 9.53 Å². The molecule has 3 heterocycles. The lowest BCUT2D eigenvalue weighted by atomic mass is 10.00. The molecule has 7 heteroatoms. The van der Waals surface area contributed by atoms with Crippen molar-refractivity contribution >= 4 is 43.2 Å². The van der Waals surface area contributed by atoms with Crippen molar-refractivity contribution in [3.63, 3.8) is 0 Å². The number of thiazole rings is 1. The number of amides is 1. The van der Waals surface area contributed by atoms with E-state index < -0.39 is 0 Å². The zero-order valence-electron chi connectivity index (χ0n) is 12.3. The molecule has 1 unspecified atom stereocenters. The zero-order chi connectivity index (χ0) is 14.8. The average Bonchev–Trinajstić information content (AvgIpc) is 3.04. The van der Waals surface area contributed by atoms with Gasteiger partial charge in [0.05, 0.1) is 9.58 Å². The molecule has 5 nitrogen and oxygen atoms in total. The third-order valence-electron chi connectivity index (χ3n) is 3.63. The minimum Gasteiger partial charge on any atom is -0.354 e. The number of hydrogen-bond acceptors (Lipinski definition) is 6. The molecule has 2 aromatic heterocycles. The van der Waals surface area contributed by atoms with Crippen LogP contribution in [0.4, 0.5) is 5.13 Å². The smallest absolute Gasteiger partial charge is 0.261 e. The fraction of sp³-hybridized carbons (Fsp3) is 0.571. The highest BCUT2D eigenvalue weighted by atomic mass is 32.1. The van der Waals surface area contributed by atoms with Gasteiger partial charge in [-0.3, -0.25) is 4.79 Å². The summed E-state index contributed by atoms with van der Waals surface area (Å²) in [5, 5.41) is 7.41. The summed E-state index contributed by atoms with van der Waals surface area (Å²) in [5.74, 6) is 0.587. The number of piperidine rings is 1. The average molecular weight is 324 g/mol. The van der Waals surface area contributed by atoms with E-state index in [1.807, 2.05) is 25.1 Å². The van der Waals surface area contributed by atoms with Crippen LogP contribution < -0.4 is 15.5 Å². The summed E-state index contributed by atoms with van der Waals surface area (Å²) in [6, 6.07) is 1.96. The van der Waals surface area contributed by atoms with Crippen LogP contribution in [0, 0.1) is 5.92 Å². The second-order valence-corrected chi connectivity index (χ2v) is 7.63. The highest BCUT2D eigenvalue weighted by Crippen LogP contribution is 2.33. The van der Waals surface area contributed by atoms with Crippen LogP contribution >= 0.6 is 22.7 Å². The lowest BCUT2D eigenvalue weighted by Crippen LogP contribution is -2.37. The normalized spacial score (nSPS) is 18.9. The molecule has 3 rings (SSSR count). The number of thiophene rings is 1. The van der Waals surface area contributed by atoms with Crippen molar-refractivity contribution in [3.05, 3.63) is 10.9 Å². The van der Waals surface area contributed by atoms with Gasteiger partial charge in [0.1, 0.15) is 4.83 Å². The standard InChI is InChI=1S/C14H20N4OS2/c1-18(2)14-17-13-11(21-14)6-10(20-13)12(19)16-8-9-4-3-5-15-7-9/h6,9,15H,3-5,7-8H2,1-2H3,(H,16,19). The van der Waals surface area contributed by atoms with E-state index in [1.54, 1.807) is 11.3 Å². The lowest BCUT2D eigenvalue weighted by Gasteiger charge is -2.22. The van der Waals surface area contributed by atoms with Crippen LogP contribution in [0.15, 0.2) is 6.07 Å². The number of fused-ring (bicyclic) bond motifs is 1. The van der Waals surface area contributed by atoms with Gasteiger partial charge < -0.3 is 15.5 Å². The SMILES string of the molecule is CN(C)c1nc2sc(C(=O)NCC3CCCNC3)cc2s1. The van der Waals surface area contributed by atoms with Gasteiger partial charge in [-0.25, -0.2) is 4.98 Å². The second-order valence-electron chi connectivity index (χ2n) is 5.59. The van der Waals surface area contributed by atoms with Crippen molar-refractivity contribution in [2.24, 2.45) is 5.92 Å². The van der Waals surface area contributed by atoms with E-state index in [0.717, 1.165) is 39.2 Å². The minimum absolute atomic E-state index is 0.0298. The fourth-order valence-corrected chi connectivity index (χ4v) is 4.50. The Morgan fingerprint density at radius 1 is 1.52 bits per heavy atom. The Morgan fingerprint density at radius 3 is 3.05 bits per heavy atom. The van der Waals surface area contributed by atoms with Crippen molar-refractivity contribution < 1.29 is 4.79 Å². The first kappa shape index (κ1) is 14.7. The first-order valence-corrected chi connectivity index (χ1v) is 8.83. The summed E-state index contributed by atoms with van der Waals surface area (Å²) >= 11 is 3.10. The van der Waals surface area contributed by atoms with Crippen molar-refractivity contribution in [3.8, 4) is 0 Å². The van der Waals surface area contributed by atoms with Gasteiger partial charge in [-0.2, -0.15) is 0 Å². The Balaban J connectivity index is 1.62. The molecule has 1 atom stereocenters. The molecule has 1 aliphatic rings. The maximum Gasteiger partial charge on any atom is 0.261 e. The third kappa shape index (κ3) is 3.36. The molecule has 0 saturated carbocycles. The van der Waals surface area contributed by atoms with E-state index >= 15 is 0 Å². The van der Waals surface area contributed by atoms with E-state index in [0.29, 0.717) is 5.92 Å². The van der Waals surface area contributed by atoms with E-state index in [-0.39, 0.29) is 5.91 Å². The van der Waals surface area contributed by atoms with Crippen LogP contribution in [-0.2, 0) is 0 Å². The molecule has 1 aliphatic heterocycles. The van der Waals surface area contributed by atoms with Crippen LogP contribution in [0.2, 0.25) is 0 Å². The Hall–Kier alpha value is -1.18. The quantitative estimate of drug-likeness (QED) is 0.905. The van der Waals surface area contributed by atoms with Crippen LogP contribution in [0.1, 0.15) is 22.5 Å². The monoisotopic (exact) mass is 324 g/mol. The van der Waals surface area contributed by atoms with Gasteiger partial charge in [-0.1, -0.05) is 11.3 Å². The van der Waals surface area contributed by atoms with Gasteiger partial charge in [-0.15, -0.1) is 11.3 Å². The summed E-state index contributed by atoms with van der Waals surface area (Å²) in [6.07, 6.45) is 2.40. The number of nitrogens with zero attached hydrogens (tertiary/aromatic N) is 2. The van der Waals surface area contributed by atoms with Crippen LogP contribution in [-0.4, -0.2) is 44.6 Å². The Bertz CT molecular complexity index is 596. The molecule has 1 fully saturated rings. The Morgan fingerprint density at radius 2 is 2.38 bits per heavy atom. The summed E-state index contributed by atoms with van der Waals surface area (Å²) in [4.78, 5) is 20.5. The largest absolute Gasteiger partial charge is 0.354 e. The van der Waals surface area contributed by atoms with Gasteiger partial charge in [-0.05, 0) is 37.9 Å².